The number of carbonyl (C=O) groups excluding carboxylic acids is 2. The van der Waals surface area contributed by atoms with E-state index in [0.717, 1.165) is 16.7 Å². The molecule has 1 aliphatic heterocycles. The number of ether oxygens (including phenoxy) is 2. The van der Waals surface area contributed by atoms with E-state index in [1.165, 1.54) is 17.0 Å². The zero-order valence-electron chi connectivity index (χ0n) is 22.4. The highest BCUT2D eigenvalue weighted by Gasteiger charge is 2.37. The molecule has 0 saturated heterocycles. The fourth-order valence-electron chi connectivity index (χ4n) is 4.19. The van der Waals surface area contributed by atoms with Crippen LogP contribution in [0.15, 0.2) is 48.8 Å². The summed E-state index contributed by atoms with van der Waals surface area (Å²) in [6.07, 6.45) is 3.02. The lowest BCUT2D eigenvalue weighted by molar-refractivity contribution is -0.121. The highest BCUT2D eigenvalue weighted by molar-refractivity contribution is 5.98. The smallest absolute Gasteiger partial charge is 0.411 e. The molecule has 2 heterocycles. The van der Waals surface area contributed by atoms with E-state index < -0.39 is 23.6 Å². The van der Waals surface area contributed by atoms with Gasteiger partial charge in [-0.05, 0) is 75.8 Å². The van der Waals surface area contributed by atoms with Crippen LogP contribution in [-0.2, 0) is 22.5 Å². The van der Waals surface area contributed by atoms with Crippen LogP contribution in [0.5, 0.6) is 5.75 Å². The maximum atomic E-state index is 14.0. The van der Waals surface area contributed by atoms with Gasteiger partial charge in [-0.25, -0.2) is 9.18 Å². The molecule has 2 amide bonds. The van der Waals surface area contributed by atoms with Crippen LogP contribution in [0.1, 0.15) is 31.9 Å². The van der Waals surface area contributed by atoms with Crippen LogP contribution >= 0.6 is 0 Å². The summed E-state index contributed by atoms with van der Waals surface area (Å²) in [6.45, 7) is 6.53. The average Bonchev–Trinajstić information content (AvgIpc) is 3.38. The molecule has 202 valence electrons. The van der Waals surface area contributed by atoms with Gasteiger partial charge in [0.05, 0.1) is 18.4 Å². The van der Waals surface area contributed by atoms with E-state index in [1.807, 2.05) is 31.1 Å². The Hall–Kier alpha value is -3.92. The number of nitrogens with one attached hydrogen (secondary N) is 2. The number of nitrogens with zero attached hydrogens (tertiary/aromatic N) is 3. The average molecular weight is 524 g/mol. The van der Waals surface area contributed by atoms with Crippen LogP contribution in [0.3, 0.4) is 0 Å². The summed E-state index contributed by atoms with van der Waals surface area (Å²) in [5.41, 5.74) is 2.94. The van der Waals surface area contributed by atoms with Crippen LogP contribution in [0.2, 0.25) is 0 Å². The van der Waals surface area contributed by atoms with Gasteiger partial charge in [-0.15, -0.1) is 0 Å². The minimum absolute atomic E-state index is 0.133. The van der Waals surface area contributed by atoms with Gasteiger partial charge in [-0.1, -0.05) is 12.1 Å². The van der Waals surface area contributed by atoms with E-state index in [-0.39, 0.29) is 18.8 Å². The van der Waals surface area contributed by atoms with Gasteiger partial charge in [0.15, 0.2) is 0 Å². The quantitative estimate of drug-likeness (QED) is 0.475. The van der Waals surface area contributed by atoms with Crippen LogP contribution in [0.4, 0.5) is 14.9 Å². The number of hydrogen-bond acceptors (Lipinski definition) is 6. The zero-order valence-corrected chi connectivity index (χ0v) is 22.4. The normalized spacial score (nSPS) is 15.2. The number of carbonyl (C=O) groups is 2. The van der Waals surface area contributed by atoms with Crippen molar-refractivity contribution in [1.82, 2.24) is 20.0 Å². The second-order valence-corrected chi connectivity index (χ2v) is 10.6. The Kier molecular flexibility index (Phi) is 8.01. The van der Waals surface area contributed by atoms with Crippen molar-refractivity contribution in [2.24, 2.45) is 0 Å². The van der Waals surface area contributed by atoms with Gasteiger partial charge in [0, 0.05) is 24.7 Å². The van der Waals surface area contributed by atoms with E-state index in [4.69, 9.17) is 9.47 Å². The Morgan fingerprint density at radius 1 is 1.16 bits per heavy atom. The van der Waals surface area contributed by atoms with E-state index >= 15 is 0 Å². The Bertz CT molecular complexity index is 1290. The summed E-state index contributed by atoms with van der Waals surface area (Å²) >= 11 is 0. The molecule has 0 unspecified atom stereocenters. The molecule has 0 saturated carbocycles. The van der Waals surface area contributed by atoms with Gasteiger partial charge in [0.25, 0.3) is 0 Å². The fraction of sp³-hybridized carbons (Fsp3) is 0.393. The first-order valence-electron chi connectivity index (χ1n) is 12.5. The van der Waals surface area contributed by atoms with Crippen LogP contribution < -0.4 is 10.1 Å². The van der Waals surface area contributed by atoms with Crippen molar-refractivity contribution in [3.63, 3.8) is 0 Å². The zero-order chi connectivity index (χ0) is 27.4. The first-order chi connectivity index (χ1) is 18.0. The van der Waals surface area contributed by atoms with Crippen LogP contribution in [0.25, 0.3) is 11.1 Å². The molecule has 38 heavy (non-hydrogen) atoms. The molecule has 1 atom stereocenters. The van der Waals surface area contributed by atoms with Crippen molar-refractivity contribution < 1.29 is 23.5 Å². The molecule has 2 N–H and O–H groups in total. The highest BCUT2D eigenvalue weighted by atomic mass is 19.1. The summed E-state index contributed by atoms with van der Waals surface area (Å²) in [6, 6.07) is 8.97. The Morgan fingerprint density at radius 2 is 1.95 bits per heavy atom. The number of H-pyrrole nitrogens is 1. The van der Waals surface area contributed by atoms with Crippen molar-refractivity contribution in [3.05, 3.63) is 65.7 Å². The fourth-order valence-corrected chi connectivity index (χ4v) is 4.19. The largest absolute Gasteiger partial charge is 0.490 e. The van der Waals surface area contributed by atoms with Gasteiger partial charge in [-0.2, -0.15) is 5.10 Å². The number of aromatic nitrogens is 2. The van der Waals surface area contributed by atoms with Crippen molar-refractivity contribution in [2.75, 3.05) is 32.6 Å². The Balaban J connectivity index is 1.62. The predicted molar refractivity (Wildman–Crippen MR) is 142 cm³/mol. The number of likely N-dealkylation sites (N-methyl/N-ethyl adjacent to an activating group) is 1. The standard InChI is InChI=1S/C28H34FN5O4/c1-28(2,3)38-27(36)34-17-19-6-8-22(29)12-20(19)13-24(34)26(35)32-23-9-7-18(21-15-30-31-16-21)14-25(23)37-11-10-33(4)5/h6-9,12,14-16,24H,10-11,13,17H2,1-5H3,(H,30,31)(H,32,35)/t24-/m0/s1. The van der Waals surface area contributed by atoms with E-state index in [9.17, 15) is 14.0 Å². The summed E-state index contributed by atoms with van der Waals surface area (Å²) in [7, 11) is 3.89. The van der Waals surface area contributed by atoms with E-state index in [0.29, 0.717) is 30.2 Å². The van der Waals surface area contributed by atoms with Crippen molar-refractivity contribution in [3.8, 4) is 16.9 Å². The molecule has 10 heteroatoms. The molecule has 0 fully saturated rings. The lowest BCUT2D eigenvalue weighted by Gasteiger charge is -2.37. The number of amides is 2. The molecule has 4 rings (SSSR count). The van der Waals surface area contributed by atoms with Crippen molar-refractivity contribution in [2.45, 2.75) is 45.4 Å². The van der Waals surface area contributed by atoms with Gasteiger partial charge in [0.2, 0.25) is 5.91 Å². The third-order valence-electron chi connectivity index (χ3n) is 6.10. The van der Waals surface area contributed by atoms with E-state index in [2.05, 4.69) is 15.5 Å². The minimum atomic E-state index is -0.901. The topological polar surface area (TPSA) is 99.8 Å². The predicted octanol–water partition coefficient (Wildman–Crippen LogP) is 4.46. The number of hydrogen-bond donors (Lipinski definition) is 2. The summed E-state index contributed by atoms with van der Waals surface area (Å²) < 4.78 is 25.6. The lowest BCUT2D eigenvalue weighted by Crippen LogP contribution is -2.52. The van der Waals surface area contributed by atoms with Gasteiger partial charge < -0.3 is 19.7 Å². The monoisotopic (exact) mass is 523 g/mol. The molecule has 2 aromatic carbocycles. The summed E-state index contributed by atoms with van der Waals surface area (Å²) in [5, 5.41) is 9.74. The minimum Gasteiger partial charge on any atom is -0.490 e. The SMILES string of the molecule is CN(C)CCOc1cc(-c2cn[nH]c2)ccc1NC(=O)[C@@H]1Cc2cc(F)ccc2CN1C(=O)OC(C)(C)C. The molecular formula is C28H34FN5O4. The molecule has 0 spiro atoms. The number of rotatable bonds is 7. The third kappa shape index (κ3) is 6.69. The molecule has 3 aromatic rings. The summed E-state index contributed by atoms with van der Waals surface area (Å²) in [5.74, 6) is -0.315. The number of benzene rings is 2. The second kappa shape index (κ2) is 11.2. The molecule has 1 aromatic heterocycles. The van der Waals surface area contributed by atoms with Gasteiger partial charge >= 0.3 is 6.09 Å². The van der Waals surface area contributed by atoms with Gasteiger partial charge in [-0.3, -0.25) is 14.8 Å². The third-order valence-corrected chi connectivity index (χ3v) is 6.10. The molecule has 0 radical (unpaired) electrons. The number of halogens is 1. The summed E-state index contributed by atoms with van der Waals surface area (Å²) in [4.78, 5) is 30.2. The first kappa shape index (κ1) is 27.1. The number of aromatic amines is 1. The van der Waals surface area contributed by atoms with Gasteiger partial charge in [0.1, 0.15) is 29.8 Å². The number of fused-ring (bicyclic) bond motifs is 1. The van der Waals surface area contributed by atoms with Crippen molar-refractivity contribution >= 4 is 17.7 Å². The maximum absolute atomic E-state index is 14.0. The molecular weight excluding hydrogens is 489 g/mol. The Labute approximate surface area is 221 Å². The van der Waals surface area contributed by atoms with Crippen molar-refractivity contribution in [1.29, 1.82) is 0 Å². The van der Waals surface area contributed by atoms with Crippen LogP contribution in [-0.4, -0.2) is 70.9 Å². The first-order valence-corrected chi connectivity index (χ1v) is 12.5. The number of anilines is 1. The molecule has 0 bridgehead atoms. The second-order valence-electron chi connectivity index (χ2n) is 10.6. The molecule has 9 nitrogen and oxygen atoms in total. The Morgan fingerprint density at radius 3 is 2.63 bits per heavy atom. The maximum Gasteiger partial charge on any atom is 0.411 e. The molecule has 1 aliphatic rings. The molecule has 0 aliphatic carbocycles. The highest BCUT2D eigenvalue weighted by Crippen LogP contribution is 2.32. The lowest BCUT2D eigenvalue weighted by atomic mass is 9.93. The van der Waals surface area contributed by atoms with Crippen LogP contribution in [0, 0.1) is 5.82 Å². The van der Waals surface area contributed by atoms with E-state index in [1.54, 1.807) is 45.3 Å².